The number of carbonyl (C=O) groups excluding carboxylic acids is 1. The predicted molar refractivity (Wildman–Crippen MR) is 129 cm³/mol. The van der Waals surface area contributed by atoms with Gasteiger partial charge in [-0.3, -0.25) is 4.79 Å². The van der Waals surface area contributed by atoms with Crippen molar-refractivity contribution in [2.24, 2.45) is 0 Å². The van der Waals surface area contributed by atoms with Crippen LogP contribution >= 0.6 is 0 Å². The highest BCUT2D eigenvalue weighted by atomic mass is 16.5. The Morgan fingerprint density at radius 3 is 2.22 bits per heavy atom. The number of nitrogens with zero attached hydrogens (tertiary/aromatic N) is 1. The second-order valence-corrected chi connectivity index (χ2v) is 8.90. The van der Waals surface area contributed by atoms with Crippen molar-refractivity contribution in [2.45, 2.75) is 37.6 Å². The first-order chi connectivity index (χ1) is 15.7. The van der Waals surface area contributed by atoms with E-state index >= 15 is 0 Å². The second-order valence-electron chi connectivity index (χ2n) is 8.90. The van der Waals surface area contributed by atoms with Gasteiger partial charge in [0.1, 0.15) is 5.75 Å². The molecule has 0 radical (unpaired) electrons. The number of likely N-dealkylation sites (tertiary alicyclic amines) is 1. The van der Waals surface area contributed by atoms with Gasteiger partial charge < -0.3 is 15.0 Å². The molecule has 1 aliphatic carbocycles. The Balaban J connectivity index is 1.28. The van der Waals surface area contributed by atoms with Crippen molar-refractivity contribution in [2.75, 3.05) is 25.5 Å². The Bertz CT molecular complexity index is 1070. The smallest absolute Gasteiger partial charge is 0.255 e. The van der Waals surface area contributed by atoms with Crippen molar-refractivity contribution < 1.29 is 9.53 Å². The van der Waals surface area contributed by atoms with Gasteiger partial charge in [0.2, 0.25) is 0 Å². The van der Waals surface area contributed by atoms with Crippen molar-refractivity contribution in [1.82, 2.24) is 4.90 Å². The average molecular weight is 427 g/mol. The minimum absolute atomic E-state index is 0.0933. The number of carbonyl (C=O) groups is 1. The van der Waals surface area contributed by atoms with Crippen molar-refractivity contribution >= 4 is 11.6 Å². The number of benzene rings is 3. The lowest BCUT2D eigenvalue weighted by Crippen LogP contribution is -2.34. The van der Waals surface area contributed by atoms with Crippen LogP contribution < -0.4 is 10.1 Å². The first-order valence-corrected chi connectivity index (χ1v) is 11.6. The minimum atomic E-state index is -0.0933. The monoisotopic (exact) mass is 426 g/mol. The van der Waals surface area contributed by atoms with Crippen LogP contribution in [0.25, 0.3) is 11.1 Å². The molecule has 0 spiro atoms. The molecule has 2 aliphatic rings. The first kappa shape index (κ1) is 20.8. The zero-order chi connectivity index (χ0) is 21.9. The lowest BCUT2D eigenvalue weighted by molar-refractivity contribution is 0.102. The molecule has 2 fully saturated rings. The van der Waals surface area contributed by atoms with Gasteiger partial charge >= 0.3 is 0 Å². The number of rotatable bonds is 6. The largest absolute Gasteiger partial charge is 0.496 e. The number of amides is 1. The summed E-state index contributed by atoms with van der Waals surface area (Å²) in [5.41, 5.74) is 4.93. The van der Waals surface area contributed by atoms with Crippen LogP contribution in [-0.2, 0) is 0 Å². The van der Waals surface area contributed by atoms with E-state index in [1.807, 2.05) is 54.6 Å². The Morgan fingerprint density at radius 2 is 1.56 bits per heavy atom. The summed E-state index contributed by atoms with van der Waals surface area (Å²) in [6, 6.07) is 24.8. The normalized spacial score (nSPS) is 17.2. The molecular weight excluding hydrogens is 396 g/mol. The van der Waals surface area contributed by atoms with E-state index in [1.54, 1.807) is 7.11 Å². The molecule has 1 saturated heterocycles. The third-order valence-corrected chi connectivity index (χ3v) is 6.77. The number of methoxy groups -OCH3 is 1. The molecule has 32 heavy (non-hydrogen) atoms. The molecule has 0 unspecified atom stereocenters. The number of hydrogen-bond donors (Lipinski definition) is 1. The molecule has 4 nitrogen and oxygen atoms in total. The third-order valence-electron chi connectivity index (χ3n) is 6.77. The molecule has 0 atom stereocenters. The summed E-state index contributed by atoms with van der Waals surface area (Å²) in [5.74, 6) is 1.30. The van der Waals surface area contributed by atoms with Gasteiger partial charge in [-0.25, -0.2) is 0 Å². The average Bonchev–Trinajstić information content (AvgIpc) is 3.70. The van der Waals surface area contributed by atoms with Crippen molar-refractivity contribution in [3.63, 3.8) is 0 Å². The zero-order valence-electron chi connectivity index (χ0n) is 18.6. The van der Waals surface area contributed by atoms with Crippen LogP contribution in [0.2, 0.25) is 0 Å². The van der Waals surface area contributed by atoms with Gasteiger partial charge in [0.25, 0.3) is 5.91 Å². The number of anilines is 1. The second kappa shape index (κ2) is 9.17. The maximum Gasteiger partial charge on any atom is 0.255 e. The molecule has 4 heteroatoms. The van der Waals surface area contributed by atoms with E-state index in [2.05, 4.69) is 28.4 Å². The van der Waals surface area contributed by atoms with E-state index < -0.39 is 0 Å². The number of ether oxygens (including phenoxy) is 1. The maximum atomic E-state index is 12.9. The quantitative estimate of drug-likeness (QED) is 0.529. The Morgan fingerprint density at radius 1 is 0.875 bits per heavy atom. The highest BCUT2D eigenvalue weighted by Crippen LogP contribution is 2.38. The third kappa shape index (κ3) is 4.56. The van der Waals surface area contributed by atoms with Crippen LogP contribution in [0.3, 0.4) is 0 Å². The van der Waals surface area contributed by atoms with Gasteiger partial charge in [-0.05, 0) is 91.7 Å². The molecule has 1 aliphatic heterocycles. The van der Waals surface area contributed by atoms with Crippen LogP contribution in [0.5, 0.6) is 5.75 Å². The summed E-state index contributed by atoms with van der Waals surface area (Å²) >= 11 is 0. The topological polar surface area (TPSA) is 41.6 Å². The molecule has 1 saturated carbocycles. The van der Waals surface area contributed by atoms with Gasteiger partial charge in [0, 0.05) is 17.3 Å². The summed E-state index contributed by atoms with van der Waals surface area (Å²) in [5, 5.41) is 3.08. The van der Waals surface area contributed by atoms with Crippen LogP contribution in [0.4, 0.5) is 5.69 Å². The molecule has 3 aromatic rings. The lowest BCUT2D eigenvalue weighted by Gasteiger charge is -2.33. The van der Waals surface area contributed by atoms with Crippen LogP contribution in [0.15, 0.2) is 72.8 Å². The molecule has 3 aromatic carbocycles. The van der Waals surface area contributed by atoms with Gasteiger partial charge in [0.15, 0.2) is 0 Å². The summed E-state index contributed by atoms with van der Waals surface area (Å²) in [6.45, 7) is 2.31. The van der Waals surface area contributed by atoms with Crippen LogP contribution in [0, 0.1) is 0 Å². The fourth-order valence-corrected chi connectivity index (χ4v) is 4.79. The lowest BCUT2D eigenvalue weighted by atomic mass is 9.88. The summed E-state index contributed by atoms with van der Waals surface area (Å²) in [6.07, 6.45) is 5.01. The van der Waals surface area contributed by atoms with Crippen molar-refractivity contribution in [3.05, 3.63) is 83.9 Å². The molecule has 0 aromatic heterocycles. The minimum Gasteiger partial charge on any atom is -0.496 e. The molecule has 0 bridgehead atoms. The first-order valence-electron chi connectivity index (χ1n) is 11.6. The highest BCUT2D eigenvalue weighted by molar-refractivity contribution is 6.04. The maximum absolute atomic E-state index is 12.9. The van der Waals surface area contributed by atoms with Crippen LogP contribution in [-0.4, -0.2) is 37.0 Å². The molecule has 164 valence electrons. The Labute approximate surface area is 190 Å². The van der Waals surface area contributed by atoms with Gasteiger partial charge in [-0.2, -0.15) is 0 Å². The fourth-order valence-electron chi connectivity index (χ4n) is 4.79. The zero-order valence-corrected chi connectivity index (χ0v) is 18.6. The van der Waals surface area contributed by atoms with Crippen molar-refractivity contribution in [3.8, 4) is 16.9 Å². The van der Waals surface area contributed by atoms with Crippen LogP contribution in [0.1, 0.15) is 47.5 Å². The summed E-state index contributed by atoms with van der Waals surface area (Å²) < 4.78 is 5.66. The standard InChI is InChI=1S/C28H30N2O2/c1-32-27-14-11-24(19-26(27)22-15-17-30(18-16-22)25-12-13-25)29-28(31)23-9-7-21(8-10-23)20-5-3-2-4-6-20/h2-11,14,19,22,25H,12-13,15-18H2,1H3,(H,29,31). The van der Waals surface area contributed by atoms with E-state index in [4.69, 9.17) is 4.74 Å². The van der Waals surface area contributed by atoms with E-state index in [1.165, 1.54) is 18.4 Å². The van der Waals surface area contributed by atoms with E-state index in [-0.39, 0.29) is 5.91 Å². The van der Waals surface area contributed by atoms with Gasteiger partial charge in [0.05, 0.1) is 7.11 Å². The molecule has 5 rings (SSSR count). The summed E-state index contributed by atoms with van der Waals surface area (Å²) in [4.78, 5) is 15.5. The molecule has 1 N–H and O–H groups in total. The predicted octanol–water partition coefficient (Wildman–Crippen LogP) is 5.96. The number of nitrogens with one attached hydrogen (secondary N) is 1. The van der Waals surface area contributed by atoms with Gasteiger partial charge in [-0.15, -0.1) is 0 Å². The van der Waals surface area contributed by atoms with E-state index in [9.17, 15) is 4.79 Å². The SMILES string of the molecule is COc1ccc(NC(=O)c2ccc(-c3ccccc3)cc2)cc1C1CCN(C2CC2)CC1. The van der Waals surface area contributed by atoms with Crippen molar-refractivity contribution in [1.29, 1.82) is 0 Å². The highest BCUT2D eigenvalue weighted by Gasteiger charge is 2.32. The Hall–Kier alpha value is -3.11. The van der Waals surface area contributed by atoms with Gasteiger partial charge in [-0.1, -0.05) is 42.5 Å². The summed E-state index contributed by atoms with van der Waals surface area (Å²) in [7, 11) is 1.73. The molecular formula is C28H30N2O2. The van der Waals surface area contributed by atoms with E-state index in [0.29, 0.717) is 11.5 Å². The molecule has 1 heterocycles. The number of piperidine rings is 1. The Kier molecular flexibility index (Phi) is 5.95. The number of hydrogen-bond acceptors (Lipinski definition) is 3. The molecule has 1 amide bonds. The van der Waals surface area contributed by atoms with E-state index in [0.717, 1.165) is 54.5 Å². The fraction of sp³-hybridized carbons (Fsp3) is 0.321.